The molecule has 1 aliphatic carbocycles. The first-order valence-electron chi connectivity index (χ1n) is 22.6. The molecule has 4 aromatic carbocycles. The molecule has 6 aliphatic rings. The lowest BCUT2D eigenvalue weighted by Crippen LogP contribution is -2.60. The van der Waals surface area contributed by atoms with Crippen molar-refractivity contribution in [1.29, 1.82) is 0 Å². The Morgan fingerprint density at radius 3 is 2.44 bits per heavy atom. The molecule has 3 saturated heterocycles. The quantitative estimate of drug-likeness (QED) is 0.0991. The first kappa shape index (κ1) is 44.0. The third kappa shape index (κ3) is 7.49. The molecule has 342 valence electrons. The first-order chi connectivity index (χ1) is 31.9. The van der Waals surface area contributed by atoms with Gasteiger partial charge in [0.15, 0.2) is 0 Å². The smallest absolute Gasteiger partial charge is 0.255 e. The molecule has 1 saturated carbocycles. The summed E-state index contributed by atoms with van der Waals surface area (Å²) in [4.78, 5) is 83.5. The Bertz CT molecular complexity index is 2670. The Balaban J connectivity index is 0.750. The van der Waals surface area contributed by atoms with Crippen LogP contribution in [0.5, 0.6) is 0 Å². The zero-order valence-electron chi connectivity index (χ0n) is 36.0. The van der Waals surface area contributed by atoms with Crippen molar-refractivity contribution in [2.24, 2.45) is 5.92 Å². The van der Waals surface area contributed by atoms with Crippen LogP contribution in [0.4, 0.5) is 21.5 Å². The maximum atomic E-state index is 16.3. The third-order valence-corrected chi connectivity index (χ3v) is 15.2. The molecule has 4 aromatic rings. The summed E-state index contributed by atoms with van der Waals surface area (Å²) in [6.07, 6.45) is 4.32. The largest absolute Gasteiger partial charge is 0.384 e. The van der Waals surface area contributed by atoms with Crippen molar-refractivity contribution < 1.29 is 33.2 Å². The number of nitrogens with zero attached hydrogens (tertiary/aromatic N) is 2. The van der Waals surface area contributed by atoms with Crippen molar-refractivity contribution in [3.05, 3.63) is 123 Å². The number of carbonyl (C=O) groups is 6. The SMILES string of the molecule is O=C1CCC(N2Cc3c(NCC4CN(CCNC(=O)c5ccc(NC(=O)[C@@H]6NC7(CCCCC7)[C@@]7(C(=O)Nc8cc(Cl)ccc87)[C@H]6c6cccc(Cl)c6F)cc5)C4)cccc3C2=O)C(=O)N1. The van der Waals surface area contributed by atoms with E-state index in [1.165, 1.54) is 6.07 Å². The minimum atomic E-state index is -1.35. The van der Waals surface area contributed by atoms with E-state index in [1.54, 1.807) is 59.5 Å². The zero-order valence-corrected chi connectivity index (χ0v) is 37.5. The second-order valence-electron chi connectivity index (χ2n) is 18.4. The number of fused-ring (bicyclic) bond motifs is 4. The molecule has 14 nitrogen and oxygen atoms in total. The number of carbonyl (C=O) groups excluding carboxylic acids is 6. The van der Waals surface area contributed by atoms with Crippen LogP contribution < -0.4 is 31.9 Å². The molecule has 4 atom stereocenters. The van der Waals surface area contributed by atoms with Gasteiger partial charge < -0.3 is 31.1 Å². The Morgan fingerprint density at radius 2 is 1.67 bits per heavy atom. The predicted molar refractivity (Wildman–Crippen MR) is 247 cm³/mol. The highest BCUT2D eigenvalue weighted by Crippen LogP contribution is 2.63. The van der Waals surface area contributed by atoms with Crippen LogP contribution in [0.3, 0.4) is 0 Å². The van der Waals surface area contributed by atoms with E-state index in [0.29, 0.717) is 84.4 Å². The molecular formula is C49H49Cl2FN8O6. The first-order valence-corrected chi connectivity index (χ1v) is 23.4. The highest BCUT2D eigenvalue weighted by molar-refractivity contribution is 6.31. The lowest BCUT2D eigenvalue weighted by atomic mass is 9.55. The zero-order chi connectivity index (χ0) is 45.9. The summed E-state index contributed by atoms with van der Waals surface area (Å²) >= 11 is 12.8. The summed E-state index contributed by atoms with van der Waals surface area (Å²) in [5.74, 6) is -3.27. The van der Waals surface area contributed by atoms with Gasteiger partial charge in [0, 0.05) is 102 Å². The van der Waals surface area contributed by atoms with E-state index >= 15 is 4.39 Å². The lowest BCUT2D eigenvalue weighted by Gasteiger charge is -2.47. The van der Waals surface area contributed by atoms with Gasteiger partial charge in [-0.3, -0.25) is 39.4 Å². The summed E-state index contributed by atoms with van der Waals surface area (Å²) in [7, 11) is 0. The molecule has 2 spiro atoms. The molecule has 0 radical (unpaired) electrons. The summed E-state index contributed by atoms with van der Waals surface area (Å²) in [6, 6.07) is 20.3. The normalized spacial score (nSPS) is 24.5. The van der Waals surface area contributed by atoms with Gasteiger partial charge in [-0.1, -0.05) is 66.7 Å². The Labute approximate surface area is 390 Å². The Morgan fingerprint density at radius 1 is 0.894 bits per heavy atom. The molecule has 17 heteroatoms. The fourth-order valence-corrected chi connectivity index (χ4v) is 11.9. The van der Waals surface area contributed by atoms with E-state index in [9.17, 15) is 28.8 Å². The molecule has 0 aromatic heterocycles. The highest BCUT2D eigenvalue weighted by atomic mass is 35.5. The van der Waals surface area contributed by atoms with Gasteiger partial charge >= 0.3 is 0 Å². The van der Waals surface area contributed by atoms with E-state index < -0.39 is 46.6 Å². The van der Waals surface area contributed by atoms with Crippen molar-refractivity contribution in [3.63, 3.8) is 0 Å². The Kier molecular flexibility index (Phi) is 11.6. The number of rotatable bonds is 11. The molecular weight excluding hydrogens is 886 g/mol. The minimum Gasteiger partial charge on any atom is -0.384 e. The fraction of sp³-hybridized carbons (Fsp3) is 0.388. The maximum absolute atomic E-state index is 16.3. The average Bonchev–Trinajstić information content (AvgIpc) is 3.89. The number of piperidine rings is 1. The average molecular weight is 936 g/mol. The maximum Gasteiger partial charge on any atom is 0.255 e. The molecule has 6 amide bonds. The van der Waals surface area contributed by atoms with Gasteiger partial charge in [0.1, 0.15) is 17.3 Å². The number of imide groups is 1. The summed E-state index contributed by atoms with van der Waals surface area (Å²) in [5, 5.41) is 18.8. The van der Waals surface area contributed by atoms with Gasteiger partial charge in [-0.05, 0) is 85.0 Å². The van der Waals surface area contributed by atoms with E-state index in [0.717, 1.165) is 43.6 Å². The van der Waals surface area contributed by atoms with E-state index in [2.05, 4.69) is 36.8 Å². The van der Waals surface area contributed by atoms with Crippen LogP contribution in [0.1, 0.15) is 88.3 Å². The summed E-state index contributed by atoms with van der Waals surface area (Å²) in [6.45, 7) is 3.77. The van der Waals surface area contributed by atoms with Crippen LogP contribution in [-0.4, -0.2) is 95.6 Å². The topological polar surface area (TPSA) is 181 Å². The number of nitrogens with one attached hydrogen (secondary N) is 6. The van der Waals surface area contributed by atoms with Crippen LogP contribution in [-0.2, 0) is 31.1 Å². The molecule has 6 N–H and O–H groups in total. The molecule has 5 aliphatic heterocycles. The van der Waals surface area contributed by atoms with Gasteiger partial charge in [-0.2, -0.15) is 0 Å². The van der Waals surface area contributed by atoms with Gasteiger partial charge in [-0.25, -0.2) is 4.39 Å². The molecule has 4 fully saturated rings. The monoisotopic (exact) mass is 934 g/mol. The third-order valence-electron chi connectivity index (χ3n) is 14.6. The van der Waals surface area contributed by atoms with Crippen molar-refractivity contribution in [2.45, 2.75) is 80.4 Å². The summed E-state index contributed by atoms with van der Waals surface area (Å²) in [5.41, 5.74) is 2.28. The van der Waals surface area contributed by atoms with Crippen molar-refractivity contribution in [1.82, 2.24) is 25.8 Å². The standard InChI is InChI=1S/C49H49Cl2FN8O6/c50-29-12-15-34-37(22-29)56-47(66)49(34)40(32-7-4-8-35(51)41(32)52)42(58-48(49)18-2-1-3-19-48)45(64)55-30-13-10-28(11-14-30)43(62)53-20-21-59-24-27(25-59)23-54-36-9-5-6-31-33(36)26-60(46(31)65)38-16-17-39(61)57-44(38)63/h4-15,22,27,38,40,42,54,58H,1-3,16-21,23-26H2,(H,53,62)(H,55,64)(H,56,66)(H,57,61,63)/t38?,40-,42+,49+/m0/s1. The van der Waals surface area contributed by atoms with Crippen molar-refractivity contribution in [3.8, 4) is 0 Å². The van der Waals surface area contributed by atoms with Crippen LogP contribution in [0.15, 0.2) is 78.9 Å². The van der Waals surface area contributed by atoms with E-state index in [1.807, 2.05) is 18.2 Å². The number of anilines is 3. The van der Waals surface area contributed by atoms with E-state index in [4.69, 9.17) is 23.2 Å². The number of hydrogen-bond acceptors (Lipinski definition) is 9. The number of likely N-dealkylation sites (tertiary alicyclic amines) is 1. The highest BCUT2D eigenvalue weighted by Gasteiger charge is 2.72. The molecule has 1 unspecified atom stereocenters. The lowest BCUT2D eigenvalue weighted by molar-refractivity contribution is -0.137. The van der Waals surface area contributed by atoms with Crippen molar-refractivity contribution >= 4 is 75.7 Å². The Hall–Kier alpha value is -5.87. The summed E-state index contributed by atoms with van der Waals surface area (Å²) < 4.78 is 16.3. The molecule has 66 heavy (non-hydrogen) atoms. The van der Waals surface area contributed by atoms with Crippen LogP contribution in [0.2, 0.25) is 10.0 Å². The number of amides is 6. The number of hydrogen-bond donors (Lipinski definition) is 6. The van der Waals surface area contributed by atoms with Crippen LogP contribution in [0.25, 0.3) is 0 Å². The second-order valence-corrected chi connectivity index (χ2v) is 19.2. The van der Waals surface area contributed by atoms with Crippen molar-refractivity contribution in [2.75, 3.05) is 48.7 Å². The van der Waals surface area contributed by atoms with Gasteiger partial charge in [-0.15, -0.1) is 0 Å². The van der Waals surface area contributed by atoms with Gasteiger partial charge in [0.25, 0.3) is 11.8 Å². The molecule has 10 rings (SSSR count). The molecule has 5 heterocycles. The predicted octanol–water partition coefficient (Wildman–Crippen LogP) is 5.95. The minimum absolute atomic E-state index is 0.104. The number of halogens is 3. The van der Waals surface area contributed by atoms with Gasteiger partial charge in [0.2, 0.25) is 23.6 Å². The number of benzene rings is 4. The fourth-order valence-electron chi connectivity index (χ4n) is 11.6. The van der Waals surface area contributed by atoms with E-state index in [-0.39, 0.29) is 40.6 Å². The molecule has 0 bridgehead atoms. The van der Waals surface area contributed by atoms with Crippen LogP contribution in [0, 0.1) is 11.7 Å². The second kappa shape index (κ2) is 17.4. The van der Waals surface area contributed by atoms with Crippen LogP contribution >= 0.6 is 23.2 Å². The van der Waals surface area contributed by atoms with Gasteiger partial charge in [0.05, 0.1) is 11.1 Å².